The average molecular weight is 489 g/mol. The second-order valence-corrected chi connectivity index (χ2v) is 10.6. The molecule has 8 nitrogen and oxygen atoms in total. The van der Waals surface area contributed by atoms with E-state index in [2.05, 4.69) is 15.3 Å². The molecule has 1 aliphatic heterocycles. The number of rotatable bonds is 5. The Morgan fingerprint density at radius 2 is 2.00 bits per heavy atom. The predicted octanol–water partition coefficient (Wildman–Crippen LogP) is 4.25. The molecule has 1 amide bonds. The highest BCUT2D eigenvalue weighted by Gasteiger charge is 2.35. The number of imidazole rings is 1. The molecule has 32 heavy (non-hydrogen) atoms. The van der Waals surface area contributed by atoms with Crippen molar-refractivity contribution in [3.8, 4) is 17.0 Å². The van der Waals surface area contributed by atoms with Crippen molar-refractivity contribution in [3.05, 3.63) is 53.2 Å². The number of fused-ring (bicyclic) bond motifs is 2. The van der Waals surface area contributed by atoms with Gasteiger partial charge in [0.15, 0.2) is 5.13 Å². The molecule has 3 heterocycles. The van der Waals surface area contributed by atoms with Crippen molar-refractivity contribution in [3.63, 3.8) is 0 Å². The fourth-order valence-electron chi connectivity index (χ4n) is 3.59. The third kappa shape index (κ3) is 3.64. The van der Waals surface area contributed by atoms with E-state index < -0.39 is 15.7 Å². The minimum Gasteiger partial charge on any atom is -0.494 e. The number of benzene rings is 2. The zero-order chi connectivity index (χ0) is 22.5. The maximum absolute atomic E-state index is 13.3. The third-order valence-corrected chi connectivity index (χ3v) is 7.79. The number of carbonyl (C=O) groups is 1. The first kappa shape index (κ1) is 20.9. The van der Waals surface area contributed by atoms with Crippen LogP contribution in [0, 0.1) is 0 Å². The molecule has 1 aliphatic rings. The Morgan fingerprint density at radius 1 is 1.22 bits per heavy atom. The van der Waals surface area contributed by atoms with E-state index in [0.717, 1.165) is 16.0 Å². The topological polar surface area (TPSA) is 103 Å². The first-order valence-corrected chi connectivity index (χ1v) is 12.6. The smallest absolute Gasteiger partial charge is 0.276 e. The lowest BCUT2D eigenvalue weighted by atomic mass is 10.1. The van der Waals surface area contributed by atoms with Gasteiger partial charge >= 0.3 is 0 Å². The fourth-order valence-corrected chi connectivity index (χ4v) is 5.96. The minimum atomic E-state index is -3.54. The molecule has 11 heteroatoms. The number of thiazole rings is 1. The van der Waals surface area contributed by atoms with Crippen molar-refractivity contribution in [2.24, 2.45) is 0 Å². The van der Waals surface area contributed by atoms with Crippen LogP contribution in [0.2, 0.25) is 5.02 Å². The molecule has 0 fully saturated rings. The molecule has 0 spiro atoms. The third-order valence-electron chi connectivity index (χ3n) is 5.02. The number of aromatic nitrogens is 3. The van der Waals surface area contributed by atoms with E-state index in [4.69, 9.17) is 16.3 Å². The summed E-state index contributed by atoms with van der Waals surface area (Å²) in [5.74, 6) is 0.165. The summed E-state index contributed by atoms with van der Waals surface area (Å²) in [7, 11) is -3.54. The number of ether oxygens (including phenoxy) is 1. The van der Waals surface area contributed by atoms with Gasteiger partial charge in [0.25, 0.3) is 5.91 Å². The van der Waals surface area contributed by atoms with Crippen LogP contribution < -0.4 is 10.1 Å². The van der Waals surface area contributed by atoms with Crippen molar-refractivity contribution in [2.75, 3.05) is 17.7 Å². The zero-order valence-electron chi connectivity index (χ0n) is 16.8. The van der Waals surface area contributed by atoms with Crippen LogP contribution in [-0.4, -0.2) is 41.2 Å². The number of hydrogen-bond donors (Lipinski definition) is 1. The highest BCUT2D eigenvalue weighted by Crippen LogP contribution is 2.33. The van der Waals surface area contributed by atoms with Crippen LogP contribution in [0.3, 0.4) is 0 Å². The van der Waals surface area contributed by atoms with Gasteiger partial charge in [-0.2, -0.15) is 0 Å². The zero-order valence-corrected chi connectivity index (χ0v) is 19.2. The molecular weight excluding hydrogens is 472 g/mol. The van der Waals surface area contributed by atoms with Gasteiger partial charge in [-0.05, 0) is 37.3 Å². The lowest BCUT2D eigenvalue weighted by Gasteiger charge is -2.07. The van der Waals surface area contributed by atoms with Crippen molar-refractivity contribution < 1.29 is 17.9 Å². The summed E-state index contributed by atoms with van der Waals surface area (Å²) in [6.45, 7) is 2.63. The lowest BCUT2D eigenvalue weighted by Crippen LogP contribution is -2.17. The van der Waals surface area contributed by atoms with Crippen molar-refractivity contribution in [1.29, 1.82) is 0 Å². The normalized spacial score (nSPS) is 14.4. The number of halogens is 1. The predicted molar refractivity (Wildman–Crippen MR) is 123 cm³/mol. The molecule has 164 valence electrons. The number of hydrogen-bond acceptors (Lipinski definition) is 7. The van der Waals surface area contributed by atoms with Gasteiger partial charge in [0.1, 0.15) is 17.1 Å². The second kappa shape index (κ2) is 7.88. The van der Waals surface area contributed by atoms with Crippen LogP contribution in [0.25, 0.3) is 21.5 Å². The molecule has 0 unspecified atom stereocenters. The minimum absolute atomic E-state index is 0.0855. The van der Waals surface area contributed by atoms with E-state index in [1.54, 1.807) is 24.3 Å². The summed E-state index contributed by atoms with van der Waals surface area (Å²) < 4.78 is 32.7. The summed E-state index contributed by atoms with van der Waals surface area (Å²) in [5, 5.41) is 3.64. The number of sulfone groups is 1. The molecule has 2 aromatic carbocycles. The highest BCUT2D eigenvalue weighted by molar-refractivity contribution is 7.91. The molecule has 1 N–H and O–H groups in total. The molecule has 5 rings (SSSR count). The van der Waals surface area contributed by atoms with Crippen LogP contribution >= 0.6 is 22.9 Å². The summed E-state index contributed by atoms with van der Waals surface area (Å²) in [4.78, 5) is 22.1. The Morgan fingerprint density at radius 3 is 2.75 bits per heavy atom. The van der Waals surface area contributed by atoms with Gasteiger partial charge in [0.05, 0.1) is 22.6 Å². The Labute approximate surface area is 192 Å². The molecule has 0 atom stereocenters. The van der Waals surface area contributed by atoms with Crippen LogP contribution in [-0.2, 0) is 16.4 Å². The van der Waals surface area contributed by atoms with E-state index in [9.17, 15) is 13.2 Å². The van der Waals surface area contributed by atoms with E-state index in [0.29, 0.717) is 22.3 Å². The van der Waals surface area contributed by atoms with Gasteiger partial charge in [0.2, 0.25) is 15.0 Å². The number of nitrogens with zero attached hydrogens (tertiary/aromatic N) is 3. The molecule has 0 saturated carbocycles. The maximum Gasteiger partial charge on any atom is 0.276 e. The highest BCUT2D eigenvalue weighted by atomic mass is 35.5. The molecule has 0 radical (unpaired) electrons. The van der Waals surface area contributed by atoms with Crippen LogP contribution in [0.5, 0.6) is 5.75 Å². The standard InChI is InChI=1S/C21H17ClN4O4S2/c1-2-30-14-7-8-15-16(11-14)31-20(23-15)25-19(27)18-17(12-3-5-13(22)6-4-12)24-21-26(18)9-10-32(21,28)29/h3-8,11H,2,9-10H2,1H3,(H,23,25,27). The van der Waals surface area contributed by atoms with Gasteiger partial charge < -0.3 is 9.30 Å². The largest absolute Gasteiger partial charge is 0.494 e. The van der Waals surface area contributed by atoms with Gasteiger partial charge in [-0.25, -0.2) is 18.4 Å². The van der Waals surface area contributed by atoms with Gasteiger partial charge in [-0.3, -0.25) is 10.1 Å². The molecule has 4 aromatic rings. The summed E-state index contributed by atoms with van der Waals surface area (Å²) in [5.41, 5.74) is 1.80. The molecule has 0 aliphatic carbocycles. The monoisotopic (exact) mass is 488 g/mol. The maximum atomic E-state index is 13.3. The molecular formula is C21H17ClN4O4S2. The van der Waals surface area contributed by atoms with E-state index >= 15 is 0 Å². The van der Waals surface area contributed by atoms with Crippen molar-refractivity contribution >= 4 is 54.0 Å². The quantitative estimate of drug-likeness (QED) is 0.450. The molecule has 2 aromatic heterocycles. The van der Waals surface area contributed by atoms with Crippen molar-refractivity contribution in [2.45, 2.75) is 18.6 Å². The lowest BCUT2D eigenvalue weighted by molar-refractivity contribution is 0.101. The summed E-state index contributed by atoms with van der Waals surface area (Å²) in [6, 6.07) is 12.3. The van der Waals surface area contributed by atoms with Gasteiger partial charge in [0, 0.05) is 17.1 Å². The Kier molecular flexibility index (Phi) is 5.15. The van der Waals surface area contributed by atoms with Crippen molar-refractivity contribution in [1.82, 2.24) is 14.5 Å². The summed E-state index contributed by atoms with van der Waals surface area (Å²) >= 11 is 7.29. The van der Waals surface area contributed by atoms with Gasteiger partial charge in [-0.15, -0.1) is 0 Å². The van der Waals surface area contributed by atoms with E-state index in [1.807, 2.05) is 25.1 Å². The molecule has 0 bridgehead atoms. The second-order valence-electron chi connectivity index (χ2n) is 7.10. The Balaban J connectivity index is 1.54. The molecule has 0 saturated heterocycles. The number of amides is 1. The Bertz CT molecular complexity index is 1460. The first-order valence-electron chi connectivity index (χ1n) is 9.79. The van der Waals surface area contributed by atoms with Crippen LogP contribution in [0.15, 0.2) is 47.6 Å². The number of anilines is 1. The SMILES string of the molecule is CCOc1ccc2nc(NC(=O)c3c(-c4ccc(Cl)cc4)nc4n3CCS4(=O)=O)sc2c1. The number of nitrogens with one attached hydrogen (secondary N) is 1. The Hall–Kier alpha value is -2.95. The fraction of sp³-hybridized carbons (Fsp3) is 0.190. The first-order chi connectivity index (χ1) is 15.4. The number of carbonyl (C=O) groups excluding carboxylic acids is 1. The average Bonchev–Trinajstić information content (AvgIpc) is 3.41. The summed E-state index contributed by atoms with van der Waals surface area (Å²) in [6.07, 6.45) is 0. The van der Waals surface area contributed by atoms with Crippen LogP contribution in [0.1, 0.15) is 17.4 Å². The van der Waals surface area contributed by atoms with E-state index in [-0.39, 0.29) is 28.8 Å². The van der Waals surface area contributed by atoms with E-state index in [1.165, 1.54) is 15.9 Å². The van der Waals surface area contributed by atoms with Gasteiger partial charge in [-0.1, -0.05) is 35.1 Å². The van der Waals surface area contributed by atoms with Crippen LogP contribution in [0.4, 0.5) is 5.13 Å².